The molecule has 0 saturated carbocycles. The van der Waals surface area contributed by atoms with E-state index in [0.29, 0.717) is 37.5 Å². The van der Waals surface area contributed by atoms with Crippen molar-refractivity contribution >= 4 is 28.5 Å². The van der Waals surface area contributed by atoms with Gasteiger partial charge in [0.2, 0.25) is 5.91 Å². The summed E-state index contributed by atoms with van der Waals surface area (Å²) in [6.45, 7) is 2.91. The van der Waals surface area contributed by atoms with Crippen LogP contribution in [-0.2, 0) is 17.3 Å². The number of amides is 3. The molecule has 1 spiro atoms. The van der Waals surface area contributed by atoms with E-state index >= 15 is 0 Å². The third-order valence-corrected chi connectivity index (χ3v) is 7.32. The van der Waals surface area contributed by atoms with Crippen LogP contribution in [0, 0.1) is 5.82 Å². The van der Waals surface area contributed by atoms with E-state index in [9.17, 15) is 19.1 Å². The Morgan fingerprint density at radius 2 is 1.89 bits per heavy atom. The smallest absolute Gasteiger partial charge is 0.322 e. The molecule has 3 amide bonds. The van der Waals surface area contributed by atoms with E-state index in [2.05, 4.69) is 5.32 Å². The van der Waals surface area contributed by atoms with Crippen molar-refractivity contribution in [3.05, 3.63) is 59.5 Å². The molecule has 8 nitrogen and oxygen atoms in total. The summed E-state index contributed by atoms with van der Waals surface area (Å²) in [6, 6.07) is 10.5. The average molecular weight is 481 g/mol. The number of rotatable bonds is 4. The zero-order valence-corrected chi connectivity index (χ0v) is 20.0. The average Bonchev–Trinajstić information content (AvgIpc) is 3.14. The topological polar surface area (TPSA) is 87.0 Å². The van der Waals surface area contributed by atoms with Crippen LogP contribution in [0.3, 0.4) is 0 Å². The molecular formula is C26H29FN4O4. The van der Waals surface area contributed by atoms with E-state index in [0.717, 1.165) is 22.2 Å². The number of urea groups is 1. The summed E-state index contributed by atoms with van der Waals surface area (Å²) < 4.78 is 20.8. The molecule has 1 atom stereocenters. The number of aliphatic hydroxyl groups is 1. The van der Waals surface area contributed by atoms with Crippen LogP contribution in [0.1, 0.15) is 30.6 Å². The Balaban J connectivity index is 1.61. The molecule has 0 bridgehead atoms. The Kier molecular flexibility index (Phi) is 5.67. The van der Waals surface area contributed by atoms with Gasteiger partial charge in [-0.1, -0.05) is 6.92 Å². The van der Waals surface area contributed by atoms with E-state index in [1.165, 1.54) is 24.3 Å². The predicted molar refractivity (Wildman–Crippen MR) is 130 cm³/mol. The molecule has 5 rings (SSSR count). The summed E-state index contributed by atoms with van der Waals surface area (Å²) in [5.74, 6) is 0.400. The molecule has 184 valence electrons. The minimum absolute atomic E-state index is 0.0747. The normalized spacial score (nSPS) is 18.4. The van der Waals surface area contributed by atoms with Crippen molar-refractivity contribution in [1.82, 2.24) is 14.4 Å². The Hall–Kier alpha value is -3.59. The molecule has 3 aromatic rings. The first-order valence-electron chi connectivity index (χ1n) is 11.7. The lowest BCUT2D eigenvalue weighted by atomic mass is 9.68. The summed E-state index contributed by atoms with van der Waals surface area (Å²) in [4.78, 5) is 29.3. The lowest BCUT2D eigenvalue weighted by Crippen LogP contribution is -2.68. The highest BCUT2D eigenvalue weighted by Gasteiger charge is 2.55. The molecule has 1 fully saturated rings. The Morgan fingerprint density at radius 1 is 1.17 bits per heavy atom. The monoisotopic (exact) mass is 480 g/mol. The lowest BCUT2D eigenvalue weighted by Gasteiger charge is -2.56. The number of hydrogen-bond donors (Lipinski definition) is 2. The molecule has 2 N–H and O–H groups in total. The van der Waals surface area contributed by atoms with Crippen molar-refractivity contribution in [2.75, 3.05) is 38.7 Å². The number of aliphatic hydroxyl groups excluding tert-OH is 1. The standard InChI is InChI=1S/C26H29FN4O4/c1-4-22(33)30-13-26(14-30)15-31(25(34)28-17-7-5-16(27)6-8-17)21(12-32)24-23(26)19-10-9-18(35-3)11-20(19)29(24)2/h5-11,21,32H,4,12-15H2,1-3H3,(H,28,34)/t21-/m0/s1. The summed E-state index contributed by atoms with van der Waals surface area (Å²) in [7, 11) is 3.54. The molecule has 1 saturated heterocycles. The number of benzene rings is 2. The lowest BCUT2D eigenvalue weighted by molar-refractivity contribution is -0.139. The number of carbonyl (C=O) groups is 2. The number of fused-ring (bicyclic) bond motifs is 4. The molecule has 0 aliphatic carbocycles. The van der Waals surface area contributed by atoms with E-state index in [-0.39, 0.29) is 24.4 Å². The van der Waals surface area contributed by atoms with E-state index in [4.69, 9.17) is 4.74 Å². The van der Waals surface area contributed by atoms with E-state index in [1.807, 2.05) is 41.6 Å². The maximum atomic E-state index is 13.5. The number of aromatic nitrogens is 1. The van der Waals surface area contributed by atoms with Crippen LogP contribution in [0.25, 0.3) is 10.9 Å². The van der Waals surface area contributed by atoms with Gasteiger partial charge in [0.15, 0.2) is 0 Å². The number of halogens is 1. The summed E-state index contributed by atoms with van der Waals surface area (Å²) in [5.41, 5.74) is 2.86. The van der Waals surface area contributed by atoms with Gasteiger partial charge in [0.25, 0.3) is 0 Å². The fourth-order valence-corrected chi connectivity index (χ4v) is 5.64. The van der Waals surface area contributed by atoms with Crippen molar-refractivity contribution in [1.29, 1.82) is 0 Å². The zero-order chi connectivity index (χ0) is 24.9. The van der Waals surface area contributed by atoms with Gasteiger partial charge in [-0.15, -0.1) is 0 Å². The first kappa shape index (κ1) is 23.2. The number of aryl methyl sites for hydroxylation is 1. The largest absolute Gasteiger partial charge is 0.497 e. The number of methoxy groups -OCH3 is 1. The molecule has 35 heavy (non-hydrogen) atoms. The first-order chi connectivity index (χ1) is 16.8. The third-order valence-electron chi connectivity index (χ3n) is 7.32. The molecular weight excluding hydrogens is 451 g/mol. The van der Waals surface area contributed by atoms with Crippen molar-refractivity contribution in [2.45, 2.75) is 24.8 Å². The number of likely N-dealkylation sites (tertiary alicyclic amines) is 1. The quantitative estimate of drug-likeness (QED) is 0.599. The minimum atomic E-state index is -0.588. The molecule has 2 aromatic carbocycles. The summed E-state index contributed by atoms with van der Waals surface area (Å²) in [6.07, 6.45) is 0.420. The van der Waals surface area contributed by atoms with Crippen LogP contribution in [0.15, 0.2) is 42.5 Å². The van der Waals surface area contributed by atoms with Crippen LogP contribution in [-0.4, -0.2) is 64.8 Å². The number of hydrogen-bond acceptors (Lipinski definition) is 4. The van der Waals surface area contributed by atoms with Crippen molar-refractivity contribution in [3.63, 3.8) is 0 Å². The predicted octanol–water partition coefficient (Wildman–Crippen LogP) is 3.40. The highest BCUT2D eigenvalue weighted by molar-refractivity contribution is 5.93. The number of nitrogens with one attached hydrogen (secondary N) is 1. The van der Waals surface area contributed by atoms with Gasteiger partial charge in [-0.2, -0.15) is 0 Å². The van der Waals surface area contributed by atoms with Crippen LogP contribution in [0.2, 0.25) is 0 Å². The minimum Gasteiger partial charge on any atom is -0.497 e. The number of carbonyl (C=O) groups excluding carboxylic acids is 2. The summed E-state index contributed by atoms with van der Waals surface area (Å²) in [5, 5.41) is 14.3. The number of anilines is 1. The van der Waals surface area contributed by atoms with Crippen molar-refractivity contribution in [2.24, 2.45) is 7.05 Å². The maximum Gasteiger partial charge on any atom is 0.322 e. The molecule has 2 aliphatic rings. The molecule has 2 aliphatic heterocycles. The second-order valence-corrected chi connectivity index (χ2v) is 9.35. The fourth-order valence-electron chi connectivity index (χ4n) is 5.64. The molecule has 0 radical (unpaired) electrons. The zero-order valence-electron chi connectivity index (χ0n) is 20.0. The Labute approximate surface area is 202 Å². The van der Waals surface area contributed by atoms with Gasteiger partial charge in [-0.05, 0) is 42.0 Å². The fraction of sp³-hybridized carbons (Fsp3) is 0.385. The SMILES string of the molecule is CCC(=O)N1CC2(C1)CN(C(=O)Nc1ccc(F)cc1)[C@@H](CO)c1c2c2ccc(OC)cc2n1C. The van der Waals surface area contributed by atoms with Gasteiger partial charge < -0.3 is 29.5 Å². The van der Waals surface area contributed by atoms with Crippen LogP contribution < -0.4 is 10.1 Å². The second-order valence-electron chi connectivity index (χ2n) is 9.35. The Morgan fingerprint density at radius 3 is 2.51 bits per heavy atom. The van der Waals surface area contributed by atoms with Gasteiger partial charge in [0, 0.05) is 55.9 Å². The third kappa shape index (κ3) is 3.61. The number of nitrogens with zero attached hydrogens (tertiary/aromatic N) is 3. The van der Waals surface area contributed by atoms with Gasteiger partial charge in [-0.25, -0.2) is 9.18 Å². The number of ether oxygens (including phenoxy) is 1. The second kappa shape index (κ2) is 8.57. The Bertz CT molecular complexity index is 1300. The van der Waals surface area contributed by atoms with Crippen molar-refractivity contribution in [3.8, 4) is 5.75 Å². The van der Waals surface area contributed by atoms with E-state index < -0.39 is 11.5 Å². The molecule has 3 heterocycles. The van der Waals surface area contributed by atoms with Crippen LogP contribution in [0.5, 0.6) is 5.75 Å². The molecule has 1 aromatic heterocycles. The van der Waals surface area contributed by atoms with E-state index in [1.54, 1.807) is 12.0 Å². The van der Waals surface area contributed by atoms with Crippen LogP contribution in [0.4, 0.5) is 14.9 Å². The highest BCUT2D eigenvalue weighted by Crippen LogP contribution is 2.49. The highest BCUT2D eigenvalue weighted by atomic mass is 19.1. The first-order valence-corrected chi connectivity index (χ1v) is 11.7. The molecule has 9 heteroatoms. The molecule has 0 unspecified atom stereocenters. The van der Waals surface area contributed by atoms with Gasteiger partial charge in [0.05, 0.1) is 30.7 Å². The summed E-state index contributed by atoms with van der Waals surface area (Å²) >= 11 is 0. The van der Waals surface area contributed by atoms with Gasteiger partial charge in [-0.3, -0.25) is 4.79 Å². The van der Waals surface area contributed by atoms with Gasteiger partial charge in [0.1, 0.15) is 11.6 Å². The van der Waals surface area contributed by atoms with Crippen LogP contribution >= 0.6 is 0 Å². The van der Waals surface area contributed by atoms with Crippen molar-refractivity contribution < 1.29 is 23.8 Å². The maximum absolute atomic E-state index is 13.5. The van der Waals surface area contributed by atoms with Gasteiger partial charge >= 0.3 is 6.03 Å².